The standard InChI is InChI=1S/C28H33FN6O2/c1-17(2)5-6-18-7-10-20(11-8-18)23-15-32-25(30)24(33-23)27-35-34-26(37-27)21-12-9-19(13-22(21)29)14-31-16-28(3,4)36/h7-13,15,17,31,36H,5-6,14,16H2,1-4H3,(H2,30,32). The third-order valence-electron chi connectivity index (χ3n) is 5.84. The van der Waals surface area contributed by atoms with Gasteiger partial charge in [0.15, 0.2) is 11.5 Å². The number of nitrogens with one attached hydrogen (secondary N) is 1. The van der Waals surface area contributed by atoms with Crippen LogP contribution in [0.2, 0.25) is 0 Å². The fourth-order valence-electron chi connectivity index (χ4n) is 3.77. The van der Waals surface area contributed by atoms with Gasteiger partial charge in [-0.1, -0.05) is 44.2 Å². The predicted octanol–water partition coefficient (Wildman–Crippen LogP) is 5.03. The Labute approximate surface area is 216 Å². The van der Waals surface area contributed by atoms with Crippen molar-refractivity contribution in [1.29, 1.82) is 0 Å². The van der Waals surface area contributed by atoms with Gasteiger partial charge in [0, 0.05) is 18.7 Å². The number of nitrogens with zero attached hydrogens (tertiary/aromatic N) is 4. The zero-order valence-electron chi connectivity index (χ0n) is 21.6. The topological polar surface area (TPSA) is 123 Å². The van der Waals surface area contributed by atoms with Crippen LogP contribution in [0.3, 0.4) is 0 Å². The Morgan fingerprint density at radius 1 is 1.05 bits per heavy atom. The number of nitrogens with two attached hydrogens (primary N) is 1. The monoisotopic (exact) mass is 504 g/mol. The molecule has 0 bridgehead atoms. The van der Waals surface area contributed by atoms with Crippen molar-refractivity contribution in [3.8, 4) is 34.3 Å². The van der Waals surface area contributed by atoms with Gasteiger partial charge in [-0.15, -0.1) is 10.2 Å². The molecule has 8 nitrogen and oxygen atoms in total. The Morgan fingerprint density at radius 3 is 2.43 bits per heavy atom. The van der Waals surface area contributed by atoms with Crippen molar-refractivity contribution in [3.63, 3.8) is 0 Å². The van der Waals surface area contributed by atoms with Crippen molar-refractivity contribution in [3.05, 3.63) is 65.6 Å². The number of benzene rings is 2. The Bertz CT molecular complexity index is 1350. The second-order valence-corrected chi connectivity index (χ2v) is 10.3. The first-order chi connectivity index (χ1) is 17.6. The molecule has 0 aliphatic rings. The molecule has 0 aliphatic heterocycles. The molecule has 9 heteroatoms. The van der Waals surface area contributed by atoms with Crippen molar-refractivity contribution in [2.75, 3.05) is 12.3 Å². The van der Waals surface area contributed by atoms with E-state index in [1.165, 1.54) is 11.6 Å². The highest BCUT2D eigenvalue weighted by Crippen LogP contribution is 2.29. The highest BCUT2D eigenvalue weighted by molar-refractivity contribution is 5.69. The van der Waals surface area contributed by atoms with Gasteiger partial charge in [0.25, 0.3) is 11.8 Å². The summed E-state index contributed by atoms with van der Waals surface area (Å²) in [6, 6.07) is 12.9. The van der Waals surface area contributed by atoms with Crippen LogP contribution in [0, 0.1) is 11.7 Å². The zero-order valence-corrected chi connectivity index (χ0v) is 21.6. The molecule has 0 aliphatic carbocycles. The molecule has 0 fully saturated rings. The molecule has 194 valence electrons. The van der Waals surface area contributed by atoms with E-state index < -0.39 is 11.4 Å². The number of hydrogen-bond donors (Lipinski definition) is 3. The maximum Gasteiger partial charge on any atom is 0.270 e. The number of aliphatic hydroxyl groups is 1. The number of hydrogen-bond acceptors (Lipinski definition) is 8. The summed E-state index contributed by atoms with van der Waals surface area (Å²) in [6.07, 6.45) is 3.76. The van der Waals surface area contributed by atoms with Crippen LogP contribution in [0.1, 0.15) is 45.2 Å². The lowest BCUT2D eigenvalue weighted by atomic mass is 10.0. The summed E-state index contributed by atoms with van der Waals surface area (Å²) in [4.78, 5) is 8.87. The van der Waals surface area contributed by atoms with E-state index in [0.717, 1.165) is 24.0 Å². The molecule has 0 atom stereocenters. The minimum absolute atomic E-state index is 0.0182. The molecule has 0 amide bonds. The lowest BCUT2D eigenvalue weighted by Crippen LogP contribution is -2.34. The quantitative estimate of drug-likeness (QED) is 0.275. The highest BCUT2D eigenvalue weighted by atomic mass is 19.1. The molecule has 4 aromatic rings. The van der Waals surface area contributed by atoms with Crippen LogP contribution in [0.25, 0.3) is 34.3 Å². The summed E-state index contributed by atoms with van der Waals surface area (Å²) >= 11 is 0. The lowest BCUT2D eigenvalue weighted by Gasteiger charge is -2.17. The van der Waals surface area contributed by atoms with Crippen molar-refractivity contribution < 1.29 is 13.9 Å². The fourth-order valence-corrected chi connectivity index (χ4v) is 3.77. The third kappa shape index (κ3) is 6.96. The van der Waals surface area contributed by atoms with Crippen LogP contribution >= 0.6 is 0 Å². The molecule has 0 spiro atoms. The molecule has 2 aromatic heterocycles. The van der Waals surface area contributed by atoms with Gasteiger partial charge in [0.05, 0.1) is 23.1 Å². The molecular weight excluding hydrogens is 471 g/mol. The van der Waals surface area contributed by atoms with Crippen molar-refractivity contribution in [2.24, 2.45) is 5.92 Å². The second-order valence-electron chi connectivity index (χ2n) is 10.3. The Balaban J connectivity index is 1.52. The second kappa shape index (κ2) is 11.1. The summed E-state index contributed by atoms with van der Waals surface area (Å²) < 4.78 is 20.6. The van der Waals surface area contributed by atoms with Gasteiger partial charge in [0.2, 0.25) is 0 Å². The van der Waals surface area contributed by atoms with Gasteiger partial charge in [-0.3, -0.25) is 0 Å². The summed E-state index contributed by atoms with van der Waals surface area (Å²) in [6.45, 7) is 8.63. The summed E-state index contributed by atoms with van der Waals surface area (Å²) in [5, 5.41) is 21.0. The van der Waals surface area contributed by atoms with Gasteiger partial charge in [-0.05, 0) is 55.9 Å². The molecular formula is C28H33FN6O2. The van der Waals surface area contributed by atoms with Crippen molar-refractivity contribution >= 4 is 5.82 Å². The van der Waals surface area contributed by atoms with Gasteiger partial charge < -0.3 is 20.6 Å². The van der Waals surface area contributed by atoms with Gasteiger partial charge >= 0.3 is 0 Å². The molecule has 2 aromatic carbocycles. The van der Waals surface area contributed by atoms with E-state index in [2.05, 4.69) is 51.5 Å². The molecule has 0 radical (unpaired) electrons. The zero-order chi connectivity index (χ0) is 26.6. The number of aryl methyl sites for hydroxylation is 1. The first kappa shape index (κ1) is 26.4. The molecule has 37 heavy (non-hydrogen) atoms. The minimum Gasteiger partial charge on any atom is -0.414 e. The minimum atomic E-state index is -0.850. The molecule has 0 saturated carbocycles. The number of aromatic nitrogens is 4. The third-order valence-corrected chi connectivity index (χ3v) is 5.84. The van der Waals surface area contributed by atoms with E-state index in [0.29, 0.717) is 24.7 Å². The van der Waals surface area contributed by atoms with E-state index in [4.69, 9.17) is 10.2 Å². The van der Waals surface area contributed by atoms with Crippen molar-refractivity contribution in [2.45, 2.75) is 52.7 Å². The molecule has 4 rings (SSSR count). The molecule has 2 heterocycles. The fraction of sp³-hybridized carbons (Fsp3) is 0.357. The lowest BCUT2D eigenvalue weighted by molar-refractivity contribution is 0.0795. The molecule has 0 saturated heterocycles. The number of nitrogen functional groups attached to an aromatic ring is 1. The number of anilines is 1. The van der Waals surface area contributed by atoms with Crippen LogP contribution in [-0.2, 0) is 13.0 Å². The van der Waals surface area contributed by atoms with E-state index in [1.807, 2.05) is 12.1 Å². The summed E-state index contributed by atoms with van der Waals surface area (Å²) in [5.41, 5.74) is 9.13. The summed E-state index contributed by atoms with van der Waals surface area (Å²) in [7, 11) is 0. The van der Waals surface area contributed by atoms with Gasteiger partial charge in [0.1, 0.15) is 5.82 Å². The van der Waals surface area contributed by atoms with E-state index in [-0.39, 0.29) is 28.9 Å². The molecule has 0 unspecified atom stereocenters. The van der Waals surface area contributed by atoms with Crippen LogP contribution in [0.5, 0.6) is 0 Å². The normalized spacial score (nSPS) is 11.9. The van der Waals surface area contributed by atoms with E-state index in [1.54, 1.807) is 32.2 Å². The summed E-state index contributed by atoms with van der Waals surface area (Å²) in [5.74, 6) is 0.372. The maximum atomic E-state index is 14.8. The average molecular weight is 505 g/mol. The van der Waals surface area contributed by atoms with E-state index in [9.17, 15) is 9.50 Å². The first-order valence-corrected chi connectivity index (χ1v) is 12.4. The van der Waals surface area contributed by atoms with Gasteiger partial charge in [-0.2, -0.15) is 0 Å². The Morgan fingerprint density at radius 2 is 1.76 bits per heavy atom. The number of halogens is 1. The van der Waals surface area contributed by atoms with Gasteiger partial charge in [-0.25, -0.2) is 14.4 Å². The van der Waals surface area contributed by atoms with Crippen LogP contribution < -0.4 is 11.1 Å². The first-order valence-electron chi connectivity index (χ1n) is 12.4. The smallest absolute Gasteiger partial charge is 0.270 e. The van der Waals surface area contributed by atoms with E-state index >= 15 is 0 Å². The Hall–Kier alpha value is -3.69. The van der Waals surface area contributed by atoms with Crippen molar-refractivity contribution in [1.82, 2.24) is 25.5 Å². The Kier molecular flexibility index (Phi) is 7.94. The van der Waals surface area contributed by atoms with Crippen LogP contribution in [0.15, 0.2) is 53.1 Å². The SMILES string of the molecule is CC(C)CCc1ccc(-c2cnc(N)c(-c3nnc(-c4ccc(CNCC(C)(C)O)cc4F)o3)n2)cc1. The average Bonchev–Trinajstić information content (AvgIpc) is 3.32. The predicted molar refractivity (Wildman–Crippen MR) is 142 cm³/mol. The maximum absolute atomic E-state index is 14.8. The number of rotatable bonds is 10. The van der Waals surface area contributed by atoms with Crippen LogP contribution in [-0.4, -0.2) is 37.4 Å². The largest absolute Gasteiger partial charge is 0.414 e. The highest BCUT2D eigenvalue weighted by Gasteiger charge is 2.19. The van der Waals surface area contributed by atoms with Crippen LogP contribution in [0.4, 0.5) is 10.2 Å². The molecule has 4 N–H and O–H groups in total.